The van der Waals surface area contributed by atoms with E-state index in [1.807, 2.05) is 52.0 Å². The molecular weight excluding hydrogens is 315 g/mol. The highest BCUT2D eigenvalue weighted by Crippen LogP contribution is 2.37. The fourth-order valence-corrected chi connectivity index (χ4v) is 2.75. The molecule has 0 aromatic heterocycles. The third kappa shape index (κ3) is 2.41. The molecule has 1 aromatic rings. The predicted octanol–water partition coefficient (Wildman–Crippen LogP) is 4.03. The van der Waals surface area contributed by atoms with Crippen molar-refractivity contribution in [3.8, 4) is 0 Å². The average Bonchev–Trinajstić information content (AvgIpc) is 2.57. The molecule has 0 bridgehead atoms. The molecule has 1 aromatic carbocycles. The van der Waals surface area contributed by atoms with Gasteiger partial charge in [0.1, 0.15) is 0 Å². The van der Waals surface area contributed by atoms with Gasteiger partial charge in [-0.3, -0.25) is 0 Å². The molecule has 4 heteroatoms. The molecule has 0 unspecified atom stereocenters. The monoisotopic (exact) mass is 334 g/mol. The van der Waals surface area contributed by atoms with E-state index >= 15 is 0 Å². The van der Waals surface area contributed by atoms with Crippen LogP contribution in [0.5, 0.6) is 0 Å². The lowest BCUT2D eigenvalue weighted by Gasteiger charge is -2.32. The Morgan fingerprint density at radius 1 is 1.00 bits per heavy atom. The van der Waals surface area contributed by atoms with E-state index in [4.69, 9.17) is 9.31 Å². The maximum Gasteiger partial charge on any atom is 0.495 e. The molecule has 0 radical (unpaired) electrons. The van der Waals surface area contributed by atoms with Crippen molar-refractivity contribution >= 4 is 40.7 Å². The lowest BCUT2D eigenvalue weighted by molar-refractivity contribution is 0.00578. The summed E-state index contributed by atoms with van der Waals surface area (Å²) in [5.74, 6) is 0. The third-order valence-electron chi connectivity index (χ3n) is 4.18. The van der Waals surface area contributed by atoms with Crippen LogP contribution in [0.25, 0.3) is 12.2 Å². The van der Waals surface area contributed by atoms with Crippen LogP contribution in [0, 0.1) is 0 Å². The molecule has 106 valence electrons. The zero-order valence-corrected chi connectivity index (χ0v) is 14.1. The van der Waals surface area contributed by atoms with Crippen LogP contribution in [0.1, 0.15) is 38.8 Å². The van der Waals surface area contributed by atoms with E-state index in [1.54, 1.807) is 0 Å². The minimum absolute atomic E-state index is 0.350. The Kier molecular flexibility index (Phi) is 4.02. The second-order valence-corrected chi connectivity index (χ2v) is 6.81. The second kappa shape index (κ2) is 5.17. The molecule has 2 rings (SSSR count). The van der Waals surface area contributed by atoms with Crippen molar-refractivity contribution in [2.75, 3.05) is 0 Å². The fourth-order valence-electron chi connectivity index (χ4n) is 2.24. The summed E-state index contributed by atoms with van der Waals surface area (Å²) in [7, 11) is -0.389. The summed E-state index contributed by atoms with van der Waals surface area (Å²) >= 11 is 3.54. The minimum Gasteiger partial charge on any atom is -0.399 e. The predicted molar refractivity (Wildman–Crippen MR) is 90.0 cm³/mol. The first kappa shape index (κ1) is 15.6. The Hall–Kier alpha value is -0.835. The Bertz CT molecular complexity index is 548. The molecule has 2 nitrogen and oxygen atoms in total. The van der Waals surface area contributed by atoms with E-state index in [1.165, 1.54) is 0 Å². The maximum atomic E-state index is 6.11. The molecule has 1 fully saturated rings. The van der Waals surface area contributed by atoms with Gasteiger partial charge in [0.2, 0.25) is 0 Å². The van der Waals surface area contributed by atoms with Gasteiger partial charge in [-0.05, 0) is 50.4 Å². The van der Waals surface area contributed by atoms with Crippen molar-refractivity contribution in [2.24, 2.45) is 0 Å². The average molecular weight is 335 g/mol. The van der Waals surface area contributed by atoms with Crippen LogP contribution in [-0.4, -0.2) is 18.3 Å². The van der Waals surface area contributed by atoms with E-state index in [0.29, 0.717) is 0 Å². The number of halogens is 1. The van der Waals surface area contributed by atoms with Crippen LogP contribution in [0.2, 0.25) is 0 Å². The maximum absolute atomic E-state index is 6.11. The summed E-state index contributed by atoms with van der Waals surface area (Å²) in [6, 6.07) is 4.00. The Balaban J connectivity index is 2.51. The summed E-state index contributed by atoms with van der Waals surface area (Å²) in [5.41, 5.74) is 2.28. The first-order valence-corrected chi connectivity index (χ1v) is 7.45. The number of rotatable bonds is 3. The normalized spacial score (nSPS) is 19.9. The lowest BCUT2D eigenvalue weighted by atomic mass is 9.74. The van der Waals surface area contributed by atoms with E-state index in [-0.39, 0.29) is 18.3 Å². The Labute approximate surface area is 130 Å². The zero-order valence-electron chi connectivity index (χ0n) is 12.5. The van der Waals surface area contributed by atoms with Gasteiger partial charge in [0.05, 0.1) is 11.2 Å². The molecule has 1 aliphatic rings. The first-order valence-electron chi connectivity index (χ1n) is 6.66. The van der Waals surface area contributed by atoms with Crippen molar-refractivity contribution < 1.29 is 9.31 Å². The number of hydrogen-bond donors (Lipinski definition) is 0. The summed E-state index contributed by atoms with van der Waals surface area (Å²) < 4.78 is 13.2. The summed E-state index contributed by atoms with van der Waals surface area (Å²) in [5, 5.41) is 0. The van der Waals surface area contributed by atoms with Crippen LogP contribution in [-0.2, 0) is 9.31 Å². The zero-order chi connectivity index (χ0) is 15.1. The van der Waals surface area contributed by atoms with E-state index in [0.717, 1.165) is 21.1 Å². The molecule has 0 N–H and O–H groups in total. The van der Waals surface area contributed by atoms with Gasteiger partial charge >= 0.3 is 7.12 Å². The van der Waals surface area contributed by atoms with Gasteiger partial charge in [0.25, 0.3) is 0 Å². The van der Waals surface area contributed by atoms with E-state index in [2.05, 4.69) is 29.1 Å². The molecular formula is C16H20BBrO2. The van der Waals surface area contributed by atoms with Crippen molar-refractivity contribution in [3.05, 3.63) is 40.9 Å². The third-order valence-corrected chi connectivity index (χ3v) is 4.87. The van der Waals surface area contributed by atoms with E-state index < -0.39 is 0 Å². The topological polar surface area (TPSA) is 18.5 Å². The molecule has 0 aliphatic carbocycles. The van der Waals surface area contributed by atoms with Crippen LogP contribution in [0.15, 0.2) is 29.8 Å². The second-order valence-electron chi connectivity index (χ2n) is 5.96. The minimum atomic E-state index is -0.389. The van der Waals surface area contributed by atoms with Crippen molar-refractivity contribution in [3.63, 3.8) is 0 Å². The molecule has 1 aliphatic heterocycles. The number of benzene rings is 1. The fraction of sp³-hybridized carbons (Fsp3) is 0.375. The smallest absolute Gasteiger partial charge is 0.399 e. The van der Waals surface area contributed by atoms with Gasteiger partial charge in [0.15, 0.2) is 0 Å². The molecule has 1 saturated heterocycles. The number of hydrogen-bond acceptors (Lipinski definition) is 2. The molecule has 20 heavy (non-hydrogen) atoms. The SMILES string of the molecule is C=Cc1c(Br)ccc(B2OC(C)(C)C(C)(C)O2)c1C=C. The van der Waals surface area contributed by atoms with Gasteiger partial charge < -0.3 is 9.31 Å². The standard InChI is InChI=1S/C16H20BBrO2/c1-7-11-12(8-2)14(18)10-9-13(11)17-19-15(3,4)16(5,6)20-17/h7-10H,1-2H2,3-6H3. The highest BCUT2D eigenvalue weighted by atomic mass is 79.9. The van der Waals surface area contributed by atoms with Gasteiger partial charge in [-0.2, -0.15) is 0 Å². The Morgan fingerprint density at radius 2 is 1.50 bits per heavy atom. The molecule has 0 atom stereocenters. The lowest BCUT2D eigenvalue weighted by Crippen LogP contribution is -2.41. The molecule has 0 saturated carbocycles. The van der Waals surface area contributed by atoms with Crippen LogP contribution < -0.4 is 5.46 Å². The quantitative estimate of drug-likeness (QED) is 0.777. The molecule has 0 spiro atoms. The first-order chi connectivity index (χ1) is 9.23. The van der Waals surface area contributed by atoms with Crippen LogP contribution in [0.3, 0.4) is 0 Å². The van der Waals surface area contributed by atoms with E-state index in [9.17, 15) is 0 Å². The van der Waals surface area contributed by atoms with Gasteiger partial charge in [-0.25, -0.2) is 0 Å². The van der Waals surface area contributed by atoms with Gasteiger partial charge in [-0.1, -0.05) is 47.3 Å². The molecule has 0 amide bonds. The summed E-state index contributed by atoms with van der Waals surface area (Å²) in [6.45, 7) is 16.0. The Morgan fingerprint density at radius 3 is 1.95 bits per heavy atom. The van der Waals surface area contributed by atoms with Crippen molar-refractivity contribution in [1.82, 2.24) is 0 Å². The van der Waals surface area contributed by atoms with Crippen molar-refractivity contribution in [1.29, 1.82) is 0 Å². The molecule has 1 heterocycles. The van der Waals surface area contributed by atoms with Gasteiger partial charge in [0, 0.05) is 4.47 Å². The van der Waals surface area contributed by atoms with Crippen molar-refractivity contribution in [2.45, 2.75) is 38.9 Å². The van der Waals surface area contributed by atoms with Crippen LogP contribution in [0.4, 0.5) is 0 Å². The summed E-state index contributed by atoms with van der Waals surface area (Å²) in [4.78, 5) is 0. The van der Waals surface area contributed by atoms with Crippen LogP contribution >= 0.6 is 15.9 Å². The largest absolute Gasteiger partial charge is 0.495 e. The highest BCUT2D eigenvalue weighted by molar-refractivity contribution is 9.10. The highest BCUT2D eigenvalue weighted by Gasteiger charge is 2.52. The summed E-state index contributed by atoms with van der Waals surface area (Å²) in [6.07, 6.45) is 3.64. The van der Waals surface area contributed by atoms with Gasteiger partial charge in [-0.15, -0.1) is 0 Å².